The first-order chi connectivity index (χ1) is 9.23. The van der Waals surface area contributed by atoms with Crippen LogP contribution in [0.5, 0.6) is 0 Å². The Morgan fingerprint density at radius 2 is 2.00 bits per heavy atom. The molecule has 1 heterocycles. The monoisotopic (exact) mass is 380 g/mol. The quantitative estimate of drug-likeness (QED) is 0.808. The molecule has 2 atom stereocenters. The van der Waals surface area contributed by atoms with E-state index in [1.807, 2.05) is 14.1 Å². The van der Waals surface area contributed by atoms with Crippen molar-refractivity contribution in [3.05, 3.63) is 27.7 Å². The maximum atomic E-state index is 12.7. The Balaban J connectivity index is 2.32. The van der Waals surface area contributed by atoms with Gasteiger partial charge in [0, 0.05) is 23.6 Å². The molecule has 1 aliphatic heterocycles. The molecule has 0 N–H and O–H groups in total. The summed E-state index contributed by atoms with van der Waals surface area (Å²) in [6, 6.07) is 5.09. The molecule has 1 aromatic rings. The Labute approximate surface area is 133 Å². The Morgan fingerprint density at radius 3 is 2.50 bits per heavy atom. The molecule has 7 heteroatoms. The minimum absolute atomic E-state index is 0.175. The zero-order valence-electron chi connectivity index (χ0n) is 11.7. The summed E-state index contributed by atoms with van der Waals surface area (Å²) in [4.78, 5) is 2.25. The molecule has 0 aromatic heterocycles. The van der Waals surface area contributed by atoms with Crippen molar-refractivity contribution in [3.8, 4) is 0 Å². The van der Waals surface area contributed by atoms with Gasteiger partial charge in [-0.3, -0.25) is 0 Å². The van der Waals surface area contributed by atoms with Crippen molar-refractivity contribution in [2.24, 2.45) is 5.92 Å². The molecule has 112 valence electrons. The Morgan fingerprint density at radius 1 is 1.35 bits per heavy atom. The number of sulfonamides is 1. The molecule has 1 aliphatic rings. The predicted octanol–water partition coefficient (Wildman–Crippen LogP) is 2.67. The fourth-order valence-corrected chi connectivity index (χ4v) is 5.17. The standard InChI is InChI=1S/C13H18BrClN2O2S/c1-9-7-17(8-12(9)16(2)3)20(18,19)13-5-4-10(14)6-11(13)15/h4-6,9,12H,7-8H2,1-3H3. The Bertz CT molecular complexity index is 606. The summed E-state index contributed by atoms with van der Waals surface area (Å²) in [5.41, 5.74) is 0. The minimum atomic E-state index is -3.53. The summed E-state index contributed by atoms with van der Waals surface area (Å²) in [5, 5.41) is 0.250. The molecule has 0 spiro atoms. The minimum Gasteiger partial charge on any atom is -0.305 e. The van der Waals surface area contributed by atoms with Gasteiger partial charge < -0.3 is 4.90 Å². The summed E-state index contributed by atoms with van der Waals surface area (Å²) in [7, 11) is 0.421. The van der Waals surface area contributed by atoms with Crippen molar-refractivity contribution in [1.29, 1.82) is 0 Å². The first-order valence-electron chi connectivity index (χ1n) is 6.35. The van der Waals surface area contributed by atoms with Crippen LogP contribution in [-0.2, 0) is 10.0 Å². The highest BCUT2D eigenvalue weighted by Gasteiger charge is 2.38. The zero-order valence-corrected chi connectivity index (χ0v) is 14.8. The van der Waals surface area contributed by atoms with Crippen molar-refractivity contribution in [1.82, 2.24) is 9.21 Å². The first kappa shape index (κ1) is 16.2. The van der Waals surface area contributed by atoms with Gasteiger partial charge in [-0.2, -0.15) is 4.31 Å². The fourth-order valence-electron chi connectivity index (χ4n) is 2.60. The Hall–Kier alpha value is -0.140. The van der Waals surface area contributed by atoms with Crippen molar-refractivity contribution >= 4 is 37.6 Å². The van der Waals surface area contributed by atoms with Crippen molar-refractivity contribution in [3.63, 3.8) is 0 Å². The summed E-state index contributed by atoms with van der Waals surface area (Å²) in [6.45, 7) is 3.10. The number of likely N-dealkylation sites (N-methyl/N-ethyl adjacent to an activating group) is 1. The average molecular weight is 382 g/mol. The number of halogens is 2. The number of benzene rings is 1. The Kier molecular flexibility index (Phi) is 4.81. The highest BCUT2D eigenvalue weighted by Crippen LogP contribution is 2.31. The molecule has 1 fully saturated rings. The van der Waals surface area contributed by atoms with Crippen LogP contribution in [0.2, 0.25) is 5.02 Å². The van der Waals surface area contributed by atoms with Gasteiger partial charge in [0.15, 0.2) is 0 Å². The van der Waals surface area contributed by atoms with E-state index >= 15 is 0 Å². The lowest BCUT2D eigenvalue weighted by molar-refractivity contribution is 0.263. The van der Waals surface area contributed by atoms with Crippen LogP contribution < -0.4 is 0 Å². The third-order valence-electron chi connectivity index (χ3n) is 3.71. The smallest absolute Gasteiger partial charge is 0.244 e. The molecule has 2 rings (SSSR count). The van der Waals surface area contributed by atoms with Crippen LogP contribution in [0, 0.1) is 5.92 Å². The van der Waals surface area contributed by atoms with Gasteiger partial charge in [-0.05, 0) is 38.2 Å². The third-order valence-corrected chi connectivity index (χ3v) is 6.52. The normalized spacial score (nSPS) is 24.5. The second kappa shape index (κ2) is 5.93. The maximum Gasteiger partial charge on any atom is 0.244 e. The van der Waals surface area contributed by atoms with Crippen LogP contribution in [0.25, 0.3) is 0 Å². The molecule has 0 saturated carbocycles. The van der Waals surface area contributed by atoms with Gasteiger partial charge >= 0.3 is 0 Å². The molecule has 2 unspecified atom stereocenters. The molecule has 4 nitrogen and oxygen atoms in total. The molecular formula is C13H18BrClN2O2S. The van der Waals surface area contributed by atoms with E-state index in [9.17, 15) is 8.42 Å². The van der Waals surface area contributed by atoms with Gasteiger partial charge in [-0.1, -0.05) is 34.5 Å². The van der Waals surface area contributed by atoms with Gasteiger partial charge in [0.25, 0.3) is 0 Å². The van der Waals surface area contributed by atoms with E-state index in [-0.39, 0.29) is 16.0 Å². The lowest BCUT2D eigenvalue weighted by atomic mass is 10.1. The molecule has 20 heavy (non-hydrogen) atoms. The second-order valence-corrected chi connectivity index (χ2v) is 8.63. The van der Waals surface area contributed by atoms with Crippen LogP contribution in [-0.4, -0.2) is 50.8 Å². The summed E-state index contributed by atoms with van der Waals surface area (Å²) >= 11 is 9.37. The topological polar surface area (TPSA) is 40.6 Å². The van der Waals surface area contributed by atoms with Crippen molar-refractivity contribution < 1.29 is 8.42 Å². The lowest BCUT2D eigenvalue weighted by Gasteiger charge is -2.22. The molecule has 1 saturated heterocycles. The van der Waals surface area contributed by atoms with Crippen LogP contribution in [0.1, 0.15) is 6.92 Å². The fraction of sp³-hybridized carbons (Fsp3) is 0.538. The van der Waals surface area contributed by atoms with E-state index in [1.165, 1.54) is 4.31 Å². The number of rotatable bonds is 3. The third kappa shape index (κ3) is 3.04. The highest BCUT2D eigenvalue weighted by atomic mass is 79.9. The van der Waals surface area contributed by atoms with Crippen molar-refractivity contribution in [2.45, 2.75) is 17.9 Å². The second-order valence-electron chi connectivity index (χ2n) is 5.41. The van der Waals surface area contributed by atoms with E-state index in [0.29, 0.717) is 19.0 Å². The van der Waals surface area contributed by atoms with Gasteiger partial charge in [0.1, 0.15) is 4.90 Å². The van der Waals surface area contributed by atoms with E-state index in [0.717, 1.165) is 4.47 Å². The van der Waals surface area contributed by atoms with Crippen LogP contribution in [0.3, 0.4) is 0 Å². The number of nitrogens with zero attached hydrogens (tertiary/aromatic N) is 2. The predicted molar refractivity (Wildman–Crippen MR) is 84.5 cm³/mol. The van der Waals surface area contributed by atoms with E-state index in [1.54, 1.807) is 18.2 Å². The van der Waals surface area contributed by atoms with Gasteiger partial charge in [-0.25, -0.2) is 8.42 Å². The van der Waals surface area contributed by atoms with Gasteiger partial charge in [0.2, 0.25) is 10.0 Å². The van der Waals surface area contributed by atoms with E-state index in [2.05, 4.69) is 27.8 Å². The SMILES string of the molecule is CC1CN(S(=O)(=O)c2ccc(Br)cc2Cl)CC1N(C)C. The zero-order chi connectivity index (χ0) is 15.1. The summed E-state index contributed by atoms with van der Waals surface area (Å²) in [6.07, 6.45) is 0. The van der Waals surface area contributed by atoms with Gasteiger partial charge in [0.05, 0.1) is 5.02 Å². The molecule has 0 bridgehead atoms. The van der Waals surface area contributed by atoms with Crippen molar-refractivity contribution in [2.75, 3.05) is 27.2 Å². The molecule has 1 aromatic carbocycles. The number of hydrogen-bond donors (Lipinski definition) is 0. The van der Waals surface area contributed by atoms with E-state index in [4.69, 9.17) is 11.6 Å². The first-order valence-corrected chi connectivity index (χ1v) is 8.96. The highest BCUT2D eigenvalue weighted by molar-refractivity contribution is 9.10. The van der Waals surface area contributed by atoms with Gasteiger partial charge in [-0.15, -0.1) is 0 Å². The summed E-state index contributed by atoms with van der Waals surface area (Å²) in [5.74, 6) is 0.300. The molecule has 0 aliphatic carbocycles. The van der Waals surface area contributed by atoms with Crippen LogP contribution in [0.15, 0.2) is 27.6 Å². The molecular weight excluding hydrogens is 364 g/mol. The van der Waals surface area contributed by atoms with Crippen LogP contribution in [0.4, 0.5) is 0 Å². The largest absolute Gasteiger partial charge is 0.305 e. The number of hydrogen-bond acceptors (Lipinski definition) is 3. The molecule has 0 radical (unpaired) electrons. The molecule has 0 amide bonds. The average Bonchev–Trinajstić information content (AvgIpc) is 2.71. The maximum absolute atomic E-state index is 12.7. The van der Waals surface area contributed by atoms with E-state index < -0.39 is 10.0 Å². The summed E-state index contributed by atoms with van der Waals surface area (Å²) < 4.78 is 27.7. The van der Waals surface area contributed by atoms with Crippen LogP contribution >= 0.6 is 27.5 Å². The lowest BCUT2D eigenvalue weighted by Crippen LogP contribution is -2.35.